The van der Waals surface area contributed by atoms with Gasteiger partial charge in [0.2, 0.25) is 6.79 Å². The van der Waals surface area contributed by atoms with Crippen molar-refractivity contribution in [2.75, 3.05) is 39.6 Å². The molecule has 0 saturated carbocycles. The number of esters is 1. The van der Waals surface area contributed by atoms with Crippen LogP contribution in [0.15, 0.2) is 72.8 Å². The number of amides is 1. The van der Waals surface area contributed by atoms with E-state index in [1.807, 2.05) is 60.7 Å². The molecule has 0 unspecified atom stereocenters. The molecule has 5 rings (SSSR count). The van der Waals surface area contributed by atoms with Crippen molar-refractivity contribution in [2.24, 2.45) is 0 Å². The van der Waals surface area contributed by atoms with Crippen LogP contribution in [-0.4, -0.2) is 61.3 Å². The summed E-state index contributed by atoms with van der Waals surface area (Å²) in [6, 6.07) is 23.1. The van der Waals surface area contributed by atoms with Crippen LogP contribution >= 0.6 is 0 Å². The number of piperazine rings is 1. The Morgan fingerprint density at radius 2 is 1.50 bits per heavy atom. The van der Waals surface area contributed by atoms with Crippen LogP contribution in [0.25, 0.3) is 11.1 Å². The van der Waals surface area contributed by atoms with Crippen molar-refractivity contribution in [1.82, 2.24) is 9.80 Å². The van der Waals surface area contributed by atoms with E-state index in [0.29, 0.717) is 18.7 Å². The van der Waals surface area contributed by atoms with Crippen molar-refractivity contribution in [3.05, 3.63) is 83.9 Å². The predicted octanol–water partition coefficient (Wildman–Crippen LogP) is 3.58. The Kier molecular flexibility index (Phi) is 6.44. The third-order valence-electron chi connectivity index (χ3n) is 6.12. The first kappa shape index (κ1) is 22.0. The van der Waals surface area contributed by atoms with Crippen molar-refractivity contribution < 1.29 is 23.8 Å². The number of hydrogen-bond donors (Lipinski definition) is 0. The highest BCUT2D eigenvalue weighted by molar-refractivity contribution is 5.91. The molecule has 2 aliphatic heterocycles. The summed E-state index contributed by atoms with van der Waals surface area (Å²) in [5, 5.41) is 0. The lowest BCUT2D eigenvalue weighted by Gasteiger charge is -2.34. The number of carbonyl (C=O) groups is 2. The number of carbonyl (C=O) groups excluding carboxylic acids is 2. The molecule has 0 spiro atoms. The largest absolute Gasteiger partial charge is 0.454 e. The molecule has 34 heavy (non-hydrogen) atoms. The molecule has 7 heteroatoms. The molecule has 0 radical (unpaired) electrons. The average molecular weight is 459 g/mol. The van der Waals surface area contributed by atoms with Gasteiger partial charge in [-0.1, -0.05) is 48.5 Å². The van der Waals surface area contributed by atoms with Gasteiger partial charge in [-0.25, -0.2) is 4.79 Å². The maximum atomic E-state index is 12.6. The molecule has 3 aromatic carbocycles. The second kappa shape index (κ2) is 9.97. The normalized spacial score (nSPS) is 15.2. The smallest absolute Gasteiger partial charge is 0.338 e. The predicted molar refractivity (Wildman–Crippen MR) is 127 cm³/mol. The van der Waals surface area contributed by atoms with Crippen LogP contribution in [0.2, 0.25) is 0 Å². The first-order valence-electron chi connectivity index (χ1n) is 11.4. The number of benzene rings is 3. The van der Waals surface area contributed by atoms with E-state index in [1.165, 1.54) is 0 Å². The van der Waals surface area contributed by atoms with Crippen molar-refractivity contribution in [2.45, 2.75) is 6.54 Å². The van der Waals surface area contributed by atoms with Crippen LogP contribution in [0.4, 0.5) is 0 Å². The van der Waals surface area contributed by atoms with Gasteiger partial charge in [0.25, 0.3) is 5.91 Å². The summed E-state index contributed by atoms with van der Waals surface area (Å²) in [5.41, 5.74) is 3.68. The summed E-state index contributed by atoms with van der Waals surface area (Å²) < 4.78 is 16.1. The van der Waals surface area contributed by atoms with Gasteiger partial charge < -0.3 is 19.1 Å². The zero-order valence-electron chi connectivity index (χ0n) is 18.8. The Morgan fingerprint density at radius 3 is 2.26 bits per heavy atom. The fourth-order valence-corrected chi connectivity index (χ4v) is 4.18. The Bertz CT molecular complexity index is 1160. The fourth-order valence-electron chi connectivity index (χ4n) is 4.18. The van der Waals surface area contributed by atoms with E-state index in [2.05, 4.69) is 4.90 Å². The number of hydrogen-bond acceptors (Lipinski definition) is 6. The van der Waals surface area contributed by atoms with Gasteiger partial charge in [-0.05, 0) is 41.0 Å². The van der Waals surface area contributed by atoms with Crippen molar-refractivity contribution in [1.29, 1.82) is 0 Å². The van der Waals surface area contributed by atoms with Gasteiger partial charge in [0.05, 0.1) is 5.56 Å². The molecule has 0 N–H and O–H groups in total. The molecule has 2 aliphatic rings. The first-order valence-corrected chi connectivity index (χ1v) is 11.4. The minimum absolute atomic E-state index is 0.169. The summed E-state index contributed by atoms with van der Waals surface area (Å²) in [4.78, 5) is 29.0. The van der Waals surface area contributed by atoms with Crippen LogP contribution in [0.1, 0.15) is 15.9 Å². The Hall–Kier alpha value is -3.84. The van der Waals surface area contributed by atoms with E-state index in [1.54, 1.807) is 17.0 Å². The van der Waals surface area contributed by atoms with Crippen LogP contribution in [0, 0.1) is 0 Å². The van der Waals surface area contributed by atoms with Gasteiger partial charge in [-0.15, -0.1) is 0 Å². The lowest BCUT2D eigenvalue weighted by atomic mass is 10.0. The first-order chi connectivity index (χ1) is 16.7. The molecular weight excluding hydrogens is 432 g/mol. The zero-order valence-corrected chi connectivity index (χ0v) is 18.8. The molecule has 174 valence electrons. The minimum Gasteiger partial charge on any atom is -0.454 e. The van der Waals surface area contributed by atoms with Crippen molar-refractivity contribution in [3.8, 4) is 22.6 Å². The van der Waals surface area contributed by atoms with E-state index in [-0.39, 0.29) is 19.3 Å². The van der Waals surface area contributed by atoms with Gasteiger partial charge in [0.1, 0.15) is 0 Å². The van der Waals surface area contributed by atoms with Gasteiger partial charge in [0.15, 0.2) is 18.1 Å². The summed E-state index contributed by atoms with van der Waals surface area (Å²) >= 11 is 0. The zero-order chi connectivity index (χ0) is 23.3. The van der Waals surface area contributed by atoms with Gasteiger partial charge >= 0.3 is 5.97 Å². The van der Waals surface area contributed by atoms with Crippen LogP contribution < -0.4 is 9.47 Å². The molecule has 0 atom stereocenters. The average Bonchev–Trinajstić information content (AvgIpc) is 3.36. The summed E-state index contributed by atoms with van der Waals surface area (Å²) in [5.74, 6) is 0.898. The highest BCUT2D eigenvalue weighted by atomic mass is 16.7. The fraction of sp³-hybridized carbons (Fsp3) is 0.259. The van der Waals surface area contributed by atoms with E-state index in [0.717, 1.165) is 47.8 Å². The quantitative estimate of drug-likeness (QED) is 0.526. The van der Waals surface area contributed by atoms with E-state index < -0.39 is 5.97 Å². The Labute approximate surface area is 198 Å². The number of rotatable bonds is 6. The molecule has 0 aromatic heterocycles. The highest BCUT2D eigenvalue weighted by Gasteiger charge is 2.23. The lowest BCUT2D eigenvalue weighted by molar-refractivity contribution is -0.136. The third-order valence-corrected chi connectivity index (χ3v) is 6.12. The van der Waals surface area contributed by atoms with Crippen molar-refractivity contribution >= 4 is 11.9 Å². The molecule has 1 amide bonds. The summed E-state index contributed by atoms with van der Waals surface area (Å²) in [6.07, 6.45) is 0. The summed E-state index contributed by atoms with van der Waals surface area (Å²) in [7, 11) is 0. The van der Waals surface area contributed by atoms with Gasteiger partial charge in [-0.3, -0.25) is 9.69 Å². The van der Waals surface area contributed by atoms with Gasteiger partial charge in [0, 0.05) is 32.7 Å². The second-order valence-corrected chi connectivity index (χ2v) is 8.36. The standard InChI is InChI=1S/C27H26N2O5/c30-26(18-32-27(31)23-9-7-22(8-10-23)21-4-2-1-3-5-21)29-14-12-28(13-15-29)17-20-6-11-24-25(16-20)34-19-33-24/h1-11,16H,12-15,17-19H2. The van der Waals surface area contributed by atoms with Crippen LogP contribution in [0.5, 0.6) is 11.5 Å². The number of nitrogens with zero attached hydrogens (tertiary/aromatic N) is 2. The maximum absolute atomic E-state index is 12.6. The Morgan fingerprint density at radius 1 is 0.794 bits per heavy atom. The number of fused-ring (bicyclic) bond motifs is 1. The molecule has 1 fully saturated rings. The Balaban J connectivity index is 1.07. The molecule has 0 aliphatic carbocycles. The van der Waals surface area contributed by atoms with E-state index in [4.69, 9.17) is 14.2 Å². The molecule has 7 nitrogen and oxygen atoms in total. The van der Waals surface area contributed by atoms with Crippen LogP contribution in [-0.2, 0) is 16.1 Å². The monoisotopic (exact) mass is 458 g/mol. The molecule has 2 heterocycles. The molecular formula is C27H26N2O5. The maximum Gasteiger partial charge on any atom is 0.338 e. The third kappa shape index (κ3) is 5.05. The highest BCUT2D eigenvalue weighted by Crippen LogP contribution is 2.32. The van der Waals surface area contributed by atoms with E-state index in [9.17, 15) is 9.59 Å². The van der Waals surface area contributed by atoms with E-state index >= 15 is 0 Å². The second-order valence-electron chi connectivity index (χ2n) is 8.36. The van der Waals surface area contributed by atoms with Crippen LogP contribution in [0.3, 0.4) is 0 Å². The molecule has 3 aromatic rings. The molecule has 0 bridgehead atoms. The lowest BCUT2D eigenvalue weighted by Crippen LogP contribution is -2.49. The number of ether oxygens (including phenoxy) is 3. The van der Waals surface area contributed by atoms with Crippen molar-refractivity contribution in [3.63, 3.8) is 0 Å². The minimum atomic E-state index is -0.491. The summed E-state index contributed by atoms with van der Waals surface area (Å²) in [6.45, 7) is 3.53. The van der Waals surface area contributed by atoms with Gasteiger partial charge in [-0.2, -0.15) is 0 Å². The molecule has 1 saturated heterocycles. The SMILES string of the molecule is O=C(OCC(=O)N1CCN(Cc2ccc3c(c2)OCO3)CC1)c1ccc(-c2ccccc2)cc1. The topological polar surface area (TPSA) is 68.3 Å².